The van der Waals surface area contributed by atoms with E-state index in [1.165, 1.54) is 6.92 Å². The van der Waals surface area contributed by atoms with Crippen LogP contribution in [0, 0.1) is 11.8 Å². The van der Waals surface area contributed by atoms with Gasteiger partial charge in [0.05, 0.1) is 18.6 Å². The molecule has 2 amide bonds. The fraction of sp³-hybridized carbons (Fsp3) is 0.600. The smallest absolute Gasteiger partial charge is 0.315 e. The summed E-state index contributed by atoms with van der Waals surface area (Å²) < 4.78 is 0. The number of amides is 2. The van der Waals surface area contributed by atoms with Gasteiger partial charge in [0.1, 0.15) is 0 Å². The number of rotatable bonds is 5. The maximum absolute atomic E-state index is 11.1. The Morgan fingerprint density at radius 1 is 1.38 bits per heavy atom. The Morgan fingerprint density at radius 2 is 2.00 bits per heavy atom. The fourth-order valence-corrected chi connectivity index (χ4v) is 0.934. The summed E-state index contributed by atoms with van der Waals surface area (Å²) in [5.74, 6) is 4.11. The minimum Gasteiger partial charge on any atom is -0.481 e. The molecule has 0 heterocycles. The van der Waals surface area contributed by atoms with Crippen LogP contribution < -0.4 is 10.6 Å². The highest BCUT2D eigenvalue weighted by molar-refractivity contribution is 5.74. The maximum atomic E-state index is 11.1. The molecule has 0 aromatic heterocycles. The fourth-order valence-electron chi connectivity index (χ4n) is 0.934. The summed E-state index contributed by atoms with van der Waals surface area (Å²) in [4.78, 5) is 21.5. The Morgan fingerprint density at radius 3 is 2.50 bits per heavy atom. The molecule has 0 radical (unpaired) electrons. The summed E-state index contributed by atoms with van der Waals surface area (Å²) >= 11 is 0. The third-order valence-electron chi connectivity index (χ3n) is 1.68. The normalized spacial score (nSPS) is 12.9. The number of nitrogens with one attached hydrogen (secondary N) is 2. The van der Waals surface area contributed by atoms with Gasteiger partial charge in [-0.05, 0) is 13.8 Å². The van der Waals surface area contributed by atoms with Crippen molar-refractivity contribution in [3.8, 4) is 11.8 Å². The summed E-state index contributed by atoms with van der Waals surface area (Å²) in [7, 11) is 0. The molecule has 6 nitrogen and oxygen atoms in total. The summed E-state index contributed by atoms with van der Waals surface area (Å²) in [6.45, 7) is 3.07. The van der Waals surface area contributed by atoms with Crippen LogP contribution in [0.2, 0.25) is 0 Å². The molecule has 0 spiro atoms. The van der Waals surface area contributed by atoms with Gasteiger partial charge in [0, 0.05) is 6.54 Å². The van der Waals surface area contributed by atoms with Crippen LogP contribution in [0.25, 0.3) is 0 Å². The van der Waals surface area contributed by atoms with E-state index in [-0.39, 0.29) is 13.1 Å². The second-order valence-electron chi connectivity index (χ2n) is 3.53. The lowest BCUT2D eigenvalue weighted by Gasteiger charge is -2.21. The first-order valence-electron chi connectivity index (χ1n) is 4.73. The van der Waals surface area contributed by atoms with Crippen LogP contribution in [-0.4, -0.2) is 40.9 Å². The number of carboxylic acid groups (broad SMARTS) is 1. The molecular weight excluding hydrogens is 212 g/mol. The number of carboxylic acids is 1. The molecule has 0 aliphatic rings. The van der Waals surface area contributed by atoms with Gasteiger partial charge in [-0.2, -0.15) is 0 Å². The lowest BCUT2D eigenvalue weighted by atomic mass is 10.0. The van der Waals surface area contributed by atoms with E-state index in [9.17, 15) is 14.7 Å². The van der Waals surface area contributed by atoms with Crippen molar-refractivity contribution in [2.24, 2.45) is 0 Å². The molecule has 0 aliphatic carbocycles. The van der Waals surface area contributed by atoms with Gasteiger partial charge in [0.25, 0.3) is 0 Å². The van der Waals surface area contributed by atoms with Gasteiger partial charge in [-0.25, -0.2) is 4.79 Å². The van der Waals surface area contributed by atoms with Gasteiger partial charge in [-0.1, -0.05) is 5.92 Å². The zero-order chi connectivity index (χ0) is 12.6. The number of urea groups is 1. The van der Waals surface area contributed by atoms with Crippen molar-refractivity contribution in [2.45, 2.75) is 25.9 Å². The quantitative estimate of drug-likeness (QED) is 0.478. The monoisotopic (exact) mass is 228 g/mol. The van der Waals surface area contributed by atoms with E-state index in [1.807, 2.05) is 0 Å². The molecule has 0 saturated heterocycles. The van der Waals surface area contributed by atoms with E-state index in [0.717, 1.165) is 0 Å². The van der Waals surface area contributed by atoms with Crippen LogP contribution >= 0.6 is 0 Å². The molecule has 1 atom stereocenters. The van der Waals surface area contributed by atoms with Crippen molar-refractivity contribution in [1.82, 2.24) is 10.6 Å². The largest absolute Gasteiger partial charge is 0.481 e. The number of hydrogen-bond donors (Lipinski definition) is 4. The highest BCUT2D eigenvalue weighted by Gasteiger charge is 2.24. The predicted molar refractivity (Wildman–Crippen MR) is 57.7 cm³/mol. The number of carbonyl (C=O) groups is 2. The summed E-state index contributed by atoms with van der Waals surface area (Å²) in [6, 6.07) is -0.492. The molecule has 90 valence electrons. The number of aliphatic hydroxyl groups is 1. The van der Waals surface area contributed by atoms with E-state index in [1.54, 1.807) is 6.92 Å². The van der Waals surface area contributed by atoms with E-state index in [4.69, 9.17) is 5.11 Å². The predicted octanol–water partition coefficient (Wildman–Crippen LogP) is -0.465. The van der Waals surface area contributed by atoms with Gasteiger partial charge >= 0.3 is 12.0 Å². The zero-order valence-corrected chi connectivity index (χ0v) is 9.33. The lowest BCUT2D eigenvalue weighted by Crippen LogP contribution is -2.45. The summed E-state index contributed by atoms with van der Waals surface area (Å²) in [5.41, 5.74) is -1.46. The molecule has 0 bridgehead atoms. The van der Waals surface area contributed by atoms with Crippen molar-refractivity contribution in [3.63, 3.8) is 0 Å². The Balaban J connectivity index is 3.88. The third-order valence-corrected chi connectivity index (χ3v) is 1.68. The zero-order valence-electron chi connectivity index (χ0n) is 9.33. The summed E-state index contributed by atoms with van der Waals surface area (Å²) in [6.07, 6.45) is -0.429. The maximum Gasteiger partial charge on any atom is 0.315 e. The van der Waals surface area contributed by atoms with Crippen LogP contribution in [0.3, 0.4) is 0 Å². The van der Waals surface area contributed by atoms with Crippen LogP contribution in [0.4, 0.5) is 4.79 Å². The third kappa shape index (κ3) is 7.64. The van der Waals surface area contributed by atoms with E-state index in [0.29, 0.717) is 0 Å². The van der Waals surface area contributed by atoms with Crippen molar-refractivity contribution in [3.05, 3.63) is 0 Å². The first-order valence-corrected chi connectivity index (χ1v) is 4.73. The second kappa shape index (κ2) is 6.69. The van der Waals surface area contributed by atoms with Gasteiger partial charge in [-0.15, -0.1) is 5.92 Å². The minimum atomic E-state index is -1.46. The first kappa shape index (κ1) is 14.3. The number of carbonyl (C=O) groups excluding carboxylic acids is 1. The molecule has 6 heteroatoms. The first-order chi connectivity index (χ1) is 7.37. The molecule has 1 unspecified atom stereocenters. The molecule has 0 fully saturated rings. The molecule has 4 N–H and O–H groups in total. The number of aliphatic carboxylic acids is 1. The average Bonchev–Trinajstić information content (AvgIpc) is 2.13. The van der Waals surface area contributed by atoms with Crippen molar-refractivity contribution >= 4 is 12.0 Å². The van der Waals surface area contributed by atoms with Crippen molar-refractivity contribution < 1.29 is 19.8 Å². The van der Waals surface area contributed by atoms with Crippen LogP contribution in [0.5, 0.6) is 0 Å². The van der Waals surface area contributed by atoms with Gasteiger partial charge in [0.15, 0.2) is 0 Å². The summed E-state index contributed by atoms with van der Waals surface area (Å²) in [5, 5.41) is 22.8. The Bertz CT molecular complexity index is 315. The van der Waals surface area contributed by atoms with Gasteiger partial charge in [0.2, 0.25) is 0 Å². The minimum absolute atomic E-state index is 0.134. The number of hydrogen-bond acceptors (Lipinski definition) is 3. The molecule has 0 saturated carbocycles. The van der Waals surface area contributed by atoms with Crippen LogP contribution in [0.15, 0.2) is 0 Å². The van der Waals surface area contributed by atoms with Crippen molar-refractivity contribution in [1.29, 1.82) is 0 Å². The van der Waals surface area contributed by atoms with E-state index >= 15 is 0 Å². The van der Waals surface area contributed by atoms with Gasteiger partial charge < -0.3 is 20.8 Å². The SMILES string of the molecule is CC#CCNC(=O)NCC(C)(O)CC(=O)O. The lowest BCUT2D eigenvalue weighted by molar-refractivity contribution is -0.141. The standard InChI is InChI=1S/C10H16N2O4/c1-3-4-5-11-9(15)12-7-10(2,16)6-8(13)14/h16H,5-7H2,1-2H3,(H,13,14)(H2,11,12,15). The van der Waals surface area contributed by atoms with E-state index < -0.39 is 24.0 Å². The Labute approximate surface area is 94.0 Å². The van der Waals surface area contributed by atoms with Crippen molar-refractivity contribution in [2.75, 3.05) is 13.1 Å². The highest BCUT2D eigenvalue weighted by atomic mass is 16.4. The van der Waals surface area contributed by atoms with Crippen LogP contribution in [-0.2, 0) is 4.79 Å². The van der Waals surface area contributed by atoms with E-state index in [2.05, 4.69) is 22.5 Å². The Hall–Kier alpha value is -1.74. The molecule has 0 aliphatic heterocycles. The average molecular weight is 228 g/mol. The van der Waals surface area contributed by atoms with Crippen LogP contribution in [0.1, 0.15) is 20.3 Å². The molecule has 0 aromatic rings. The Kier molecular flexibility index (Phi) is 5.96. The molecule has 0 aromatic carbocycles. The highest BCUT2D eigenvalue weighted by Crippen LogP contribution is 2.06. The molecular formula is C10H16N2O4. The topological polar surface area (TPSA) is 98.7 Å². The molecule has 16 heavy (non-hydrogen) atoms. The second-order valence-corrected chi connectivity index (χ2v) is 3.53. The molecule has 0 rings (SSSR count). The van der Waals surface area contributed by atoms with Gasteiger partial charge in [-0.3, -0.25) is 4.79 Å².